The number of alkyl halides is 3. The molecule has 0 saturated heterocycles. The first-order valence-corrected chi connectivity index (χ1v) is 8.07. The summed E-state index contributed by atoms with van der Waals surface area (Å²) in [4.78, 5) is 4.82. The molecule has 5 nitrogen and oxygen atoms in total. The second kappa shape index (κ2) is 7.41. The first-order chi connectivity index (χ1) is 10.4. The van der Waals surface area contributed by atoms with E-state index in [1.54, 1.807) is 0 Å². The minimum atomic E-state index is -5.58. The Morgan fingerprint density at radius 1 is 1.43 bits per heavy atom. The van der Waals surface area contributed by atoms with Crippen LogP contribution in [0.15, 0.2) is 35.0 Å². The van der Waals surface area contributed by atoms with Crippen molar-refractivity contribution in [1.29, 1.82) is 0 Å². The van der Waals surface area contributed by atoms with Crippen LogP contribution in [0.4, 0.5) is 18.9 Å². The normalized spacial score (nSPS) is 12.9. The number of hydrogen-bond donors (Lipinski definition) is 1. The van der Waals surface area contributed by atoms with E-state index in [0.29, 0.717) is 0 Å². The number of nitrogens with one attached hydrogen (secondary N) is 1. The van der Waals surface area contributed by atoms with Crippen LogP contribution in [0.3, 0.4) is 0 Å². The van der Waals surface area contributed by atoms with Gasteiger partial charge in [0.05, 0.1) is 16.4 Å². The number of halogens is 5. The van der Waals surface area contributed by atoms with Crippen molar-refractivity contribution in [2.45, 2.75) is 12.4 Å². The summed E-state index contributed by atoms with van der Waals surface area (Å²) in [5.74, 6) is 0. The van der Waals surface area contributed by atoms with Gasteiger partial charge in [-0.2, -0.15) is 21.6 Å². The highest BCUT2D eigenvalue weighted by Crippen LogP contribution is 2.28. The van der Waals surface area contributed by atoms with E-state index >= 15 is 0 Å². The fourth-order valence-electron chi connectivity index (χ4n) is 1.36. The molecule has 0 bridgehead atoms. The standard InChI is InChI=1S/C12H11Cl2F3N2O3S/c1-7(13)6-22-18-8(2)10-5-9(14)3-4-11(10)19-23(20,21)12(15,16)17/h3-5,19H,1,6H2,2H3. The number of benzene rings is 1. The molecule has 0 fully saturated rings. The van der Waals surface area contributed by atoms with Gasteiger partial charge in [-0.05, 0) is 25.1 Å². The molecular weight excluding hydrogens is 380 g/mol. The van der Waals surface area contributed by atoms with E-state index in [1.165, 1.54) is 23.8 Å². The third kappa shape index (κ3) is 5.60. The van der Waals surface area contributed by atoms with Crippen LogP contribution in [-0.2, 0) is 14.9 Å². The Bertz CT molecular complexity index is 734. The highest BCUT2D eigenvalue weighted by molar-refractivity contribution is 7.93. The molecule has 0 aliphatic rings. The van der Waals surface area contributed by atoms with Crippen molar-refractivity contribution in [3.63, 3.8) is 0 Å². The van der Waals surface area contributed by atoms with Gasteiger partial charge in [-0.25, -0.2) is 0 Å². The van der Waals surface area contributed by atoms with Gasteiger partial charge < -0.3 is 4.84 Å². The third-order valence-electron chi connectivity index (χ3n) is 2.34. The summed E-state index contributed by atoms with van der Waals surface area (Å²) >= 11 is 11.3. The number of hydrogen-bond acceptors (Lipinski definition) is 4. The zero-order valence-electron chi connectivity index (χ0n) is 11.6. The zero-order valence-corrected chi connectivity index (χ0v) is 13.9. The lowest BCUT2D eigenvalue weighted by molar-refractivity contribution is -0.0429. The SMILES string of the molecule is C=C(Cl)CON=C(C)c1cc(Cl)ccc1NS(=O)(=O)C(F)(F)F. The van der Waals surface area contributed by atoms with Crippen LogP contribution < -0.4 is 4.72 Å². The van der Waals surface area contributed by atoms with Crippen molar-refractivity contribution in [1.82, 2.24) is 0 Å². The Kier molecular flexibility index (Phi) is 6.32. The van der Waals surface area contributed by atoms with E-state index in [-0.39, 0.29) is 33.6 Å². The van der Waals surface area contributed by atoms with Crippen molar-refractivity contribution < 1.29 is 26.4 Å². The molecule has 0 saturated carbocycles. The smallest absolute Gasteiger partial charge is 0.390 e. The van der Waals surface area contributed by atoms with Gasteiger partial charge in [0.15, 0.2) is 6.61 Å². The van der Waals surface area contributed by atoms with Gasteiger partial charge in [-0.1, -0.05) is 34.9 Å². The number of oxime groups is 1. The fraction of sp³-hybridized carbons (Fsp3) is 0.250. The van der Waals surface area contributed by atoms with Gasteiger partial charge in [-0.3, -0.25) is 4.72 Å². The van der Waals surface area contributed by atoms with Crippen molar-refractivity contribution in [3.05, 3.63) is 40.4 Å². The topological polar surface area (TPSA) is 67.8 Å². The van der Waals surface area contributed by atoms with E-state index in [4.69, 9.17) is 28.0 Å². The molecule has 0 unspecified atom stereocenters. The molecule has 11 heteroatoms. The molecule has 1 aromatic rings. The maximum Gasteiger partial charge on any atom is 0.516 e. The summed E-state index contributed by atoms with van der Waals surface area (Å²) in [6.45, 7) is 4.64. The van der Waals surface area contributed by atoms with Crippen LogP contribution in [0, 0.1) is 0 Å². The Balaban J connectivity index is 3.19. The minimum Gasteiger partial charge on any atom is -0.390 e. The van der Waals surface area contributed by atoms with Crippen LogP contribution in [0.1, 0.15) is 12.5 Å². The van der Waals surface area contributed by atoms with Crippen LogP contribution in [0.5, 0.6) is 0 Å². The van der Waals surface area contributed by atoms with E-state index < -0.39 is 15.5 Å². The van der Waals surface area contributed by atoms with E-state index in [2.05, 4.69) is 11.7 Å². The summed E-state index contributed by atoms with van der Waals surface area (Å²) in [5, 5.41) is 3.96. The van der Waals surface area contributed by atoms with E-state index in [0.717, 1.165) is 6.07 Å². The minimum absolute atomic E-state index is 0.0190. The Morgan fingerprint density at radius 3 is 2.57 bits per heavy atom. The first kappa shape index (κ1) is 19.6. The van der Waals surface area contributed by atoms with Crippen molar-refractivity contribution in [3.8, 4) is 0 Å². The molecule has 1 N–H and O–H groups in total. The van der Waals surface area contributed by atoms with Crippen LogP contribution >= 0.6 is 23.2 Å². The third-order valence-corrected chi connectivity index (χ3v) is 3.79. The molecular formula is C12H11Cl2F3N2O3S. The van der Waals surface area contributed by atoms with Gasteiger partial charge in [-0.15, -0.1) is 0 Å². The van der Waals surface area contributed by atoms with Crippen LogP contribution in [0.25, 0.3) is 0 Å². The van der Waals surface area contributed by atoms with E-state index in [1.807, 2.05) is 0 Å². The Labute approximate surface area is 140 Å². The summed E-state index contributed by atoms with van der Waals surface area (Å²) in [7, 11) is -5.58. The summed E-state index contributed by atoms with van der Waals surface area (Å²) in [6, 6.07) is 3.56. The molecule has 0 aliphatic heterocycles. The number of nitrogens with zero attached hydrogens (tertiary/aromatic N) is 1. The molecule has 0 amide bonds. The van der Waals surface area contributed by atoms with Gasteiger partial charge in [0.2, 0.25) is 0 Å². The van der Waals surface area contributed by atoms with Crippen molar-refractivity contribution in [2.75, 3.05) is 11.3 Å². The molecule has 0 aliphatic carbocycles. The predicted octanol–water partition coefficient (Wildman–Crippen LogP) is 4.09. The summed E-state index contributed by atoms with van der Waals surface area (Å²) in [5.41, 5.74) is -5.70. The second-order valence-corrected chi connectivity index (χ2v) is 6.85. The molecule has 128 valence electrons. The highest BCUT2D eigenvalue weighted by Gasteiger charge is 2.46. The molecule has 0 heterocycles. The quantitative estimate of drug-likeness (QED) is 0.587. The lowest BCUT2D eigenvalue weighted by atomic mass is 10.1. The van der Waals surface area contributed by atoms with Crippen molar-refractivity contribution >= 4 is 44.6 Å². The van der Waals surface area contributed by atoms with Crippen LogP contribution in [0.2, 0.25) is 5.02 Å². The zero-order chi connectivity index (χ0) is 17.8. The molecule has 1 rings (SSSR count). The Morgan fingerprint density at radius 2 is 2.04 bits per heavy atom. The molecule has 0 spiro atoms. The molecule has 1 aromatic carbocycles. The fourth-order valence-corrected chi connectivity index (χ4v) is 2.16. The molecule has 23 heavy (non-hydrogen) atoms. The van der Waals surface area contributed by atoms with Gasteiger partial charge >= 0.3 is 15.5 Å². The maximum atomic E-state index is 12.5. The lowest BCUT2D eigenvalue weighted by Gasteiger charge is -2.14. The summed E-state index contributed by atoms with van der Waals surface area (Å²) < 4.78 is 61.3. The monoisotopic (exact) mass is 390 g/mol. The number of anilines is 1. The van der Waals surface area contributed by atoms with Crippen molar-refractivity contribution in [2.24, 2.45) is 5.16 Å². The highest BCUT2D eigenvalue weighted by atomic mass is 35.5. The van der Waals surface area contributed by atoms with Gasteiger partial charge in [0, 0.05) is 10.6 Å². The van der Waals surface area contributed by atoms with Gasteiger partial charge in [0.25, 0.3) is 0 Å². The number of sulfonamides is 1. The lowest BCUT2D eigenvalue weighted by Crippen LogP contribution is -2.30. The molecule has 0 aromatic heterocycles. The largest absolute Gasteiger partial charge is 0.516 e. The predicted molar refractivity (Wildman–Crippen MR) is 83.2 cm³/mol. The first-order valence-electron chi connectivity index (χ1n) is 5.83. The second-order valence-electron chi connectivity index (χ2n) is 4.21. The van der Waals surface area contributed by atoms with Crippen LogP contribution in [-0.4, -0.2) is 26.2 Å². The maximum absolute atomic E-state index is 12.5. The molecule has 0 radical (unpaired) electrons. The number of rotatable bonds is 6. The van der Waals surface area contributed by atoms with E-state index in [9.17, 15) is 21.6 Å². The average Bonchev–Trinajstić information content (AvgIpc) is 2.38. The Hall–Kier alpha value is -1.45. The summed E-state index contributed by atoms with van der Waals surface area (Å²) in [6.07, 6.45) is 0. The molecule has 0 atom stereocenters. The van der Waals surface area contributed by atoms with Gasteiger partial charge in [0.1, 0.15) is 0 Å². The average molecular weight is 391 g/mol.